The lowest BCUT2D eigenvalue weighted by atomic mass is 9.91. The first-order valence-electron chi connectivity index (χ1n) is 9.60. The average molecular weight is 384 g/mol. The molecule has 1 amide bonds. The molecule has 2 aromatic carbocycles. The molecule has 1 saturated heterocycles. The predicted molar refractivity (Wildman–Crippen MR) is 105 cm³/mol. The fourth-order valence-corrected chi connectivity index (χ4v) is 3.80. The molecule has 2 atom stereocenters. The van der Waals surface area contributed by atoms with Gasteiger partial charge in [-0.3, -0.25) is 14.5 Å². The Morgan fingerprint density at radius 1 is 1.14 bits per heavy atom. The number of likely N-dealkylation sites (tertiary alicyclic amines) is 1. The van der Waals surface area contributed by atoms with E-state index >= 15 is 0 Å². The molecule has 0 aliphatic carbocycles. The van der Waals surface area contributed by atoms with Crippen molar-refractivity contribution in [3.63, 3.8) is 0 Å². The zero-order chi connectivity index (χ0) is 19.9. The smallest absolute Gasteiger partial charge is 0.303 e. The molecule has 1 aliphatic heterocycles. The Labute approximate surface area is 164 Å². The number of aliphatic carboxylic acids is 1. The zero-order valence-corrected chi connectivity index (χ0v) is 15.7. The molecule has 2 aromatic rings. The lowest BCUT2D eigenvalue weighted by molar-refractivity contribution is -0.137. The van der Waals surface area contributed by atoms with Crippen molar-refractivity contribution in [2.75, 3.05) is 18.4 Å². The van der Waals surface area contributed by atoms with Gasteiger partial charge in [0, 0.05) is 18.7 Å². The van der Waals surface area contributed by atoms with Gasteiger partial charge in [-0.1, -0.05) is 30.3 Å². The van der Waals surface area contributed by atoms with Crippen LogP contribution in [0.5, 0.6) is 0 Å². The van der Waals surface area contributed by atoms with Gasteiger partial charge in [-0.25, -0.2) is 4.39 Å². The van der Waals surface area contributed by atoms with Gasteiger partial charge in [-0.15, -0.1) is 0 Å². The van der Waals surface area contributed by atoms with Crippen LogP contribution in [0.1, 0.15) is 37.3 Å². The predicted octanol–water partition coefficient (Wildman–Crippen LogP) is 4.08. The summed E-state index contributed by atoms with van der Waals surface area (Å²) in [4.78, 5) is 26.2. The van der Waals surface area contributed by atoms with Gasteiger partial charge in [-0.05, 0) is 61.6 Å². The van der Waals surface area contributed by atoms with Crippen molar-refractivity contribution in [1.82, 2.24) is 4.90 Å². The Bertz CT molecular complexity index is 795. The average Bonchev–Trinajstić information content (AvgIpc) is 2.69. The molecule has 3 rings (SSSR count). The van der Waals surface area contributed by atoms with Crippen LogP contribution >= 0.6 is 0 Å². The second-order valence-electron chi connectivity index (χ2n) is 7.24. The largest absolute Gasteiger partial charge is 0.481 e. The van der Waals surface area contributed by atoms with Crippen LogP contribution in [0.2, 0.25) is 0 Å². The minimum absolute atomic E-state index is 0.149. The van der Waals surface area contributed by atoms with Crippen LogP contribution in [0.3, 0.4) is 0 Å². The number of carbonyl (C=O) groups is 2. The van der Waals surface area contributed by atoms with E-state index in [0.717, 1.165) is 24.9 Å². The van der Waals surface area contributed by atoms with Crippen molar-refractivity contribution in [3.05, 3.63) is 66.0 Å². The van der Waals surface area contributed by atoms with Gasteiger partial charge >= 0.3 is 5.97 Å². The number of amides is 1. The first-order chi connectivity index (χ1) is 13.5. The molecule has 28 heavy (non-hydrogen) atoms. The highest BCUT2D eigenvalue weighted by Crippen LogP contribution is 2.30. The Morgan fingerprint density at radius 3 is 2.54 bits per heavy atom. The summed E-state index contributed by atoms with van der Waals surface area (Å²) >= 11 is 0. The lowest BCUT2D eigenvalue weighted by Crippen LogP contribution is -2.43. The number of nitrogens with one attached hydrogen (secondary N) is 1. The van der Waals surface area contributed by atoms with Gasteiger partial charge in [0.15, 0.2) is 0 Å². The van der Waals surface area contributed by atoms with E-state index in [1.165, 1.54) is 12.1 Å². The molecular weight excluding hydrogens is 359 g/mol. The topological polar surface area (TPSA) is 69.6 Å². The molecule has 1 fully saturated rings. The van der Waals surface area contributed by atoms with Crippen LogP contribution in [-0.2, 0) is 9.59 Å². The summed E-state index contributed by atoms with van der Waals surface area (Å²) in [6, 6.07) is 14.8. The highest BCUT2D eigenvalue weighted by atomic mass is 19.1. The molecule has 2 N–H and O–H groups in total. The van der Waals surface area contributed by atoms with Crippen molar-refractivity contribution in [2.45, 2.75) is 31.7 Å². The molecule has 0 radical (unpaired) electrons. The Kier molecular flexibility index (Phi) is 6.76. The van der Waals surface area contributed by atoms with E-state index in [-0.39, 0.29) is 24.1 Å². The van der Waals surface area contributed by atoms with E-state index < -0.39 is 12.0 Å². The summed E-state index contributed by atoms with van der Waals surface area (Å²) < 4.78 is 13.1. The number of halogens is 1. The van der Waals surface area contributed by atoms with Crippen molar-refractivity contribution in [2.24, 2.45) is 5.92 Å². The van der Waals surface area contributed by atoms with E-state index in [2.05, 4.69) is 10.2 Å². The minimum Gasteiger partial charge on any atom is -0.481 e. The SMILES string of the molecule is O=C(O)CCC1CCCN(C(C(=O)Nc2ccc(F)cc2)c2ccccc2)C1. The molecule has 0 spiro atoms. The third-order valence-electron chi connectivity index (χ3n) is 5.16. The van der Waals surface area contributed by atoms with E-state index in [0.29, 0.717) is 18.7 Å². The normalized spacial score (nSPS) is 18.4. The maximum atomic E-state index is 13.1. The molecule has 1 aliphatic rings. The highest BCUT2D eigenvalue weighted by Gasteiger charge is 2.32. The van der Waals surface area contributed by atoms with Crippen LogP contribution in [0.15, 0.2) is 54.6 Å². The summed E-state index contributed by atoms with van der Waals surface area (Å²) in [7, 11) is 0. The second-order valence-corrected chi connectivity index (χ2v) is 7.24. The summed E-state index contributed by atoms with van der Waals surface area (Å²) in [5.74, 6) is -1.05. The fourth-order valence-electron chi connectivity index (χ4n) is 3.80. The second kappa shape index (κ2) is 9.46. The van der Waals surface area contributed by atoms with E-state index in [1.807, 2.05) is 30.3 Å². The number of hydrogen-bond donors (Lipinski definition) is 2. The number of carboxylic acids is 1. The molecule has 5 nitrogen and oxygen atoms in total. The van der Waals surface area contributed by atoms with Crippen molar-refractivity contribution < 1.29 is 19.1 Å². The lowest BCUT2D eigenvalue weighted by Gasteiger charge is -2.37. The van der Waals surface area contributed by atoms with Crippen molar-refractivity contribution in [1.29, 1.82) is 0 Å². The Balaban J connectivity index is 1.77. The van der Waals surface area contributed by atoms with Crippen LogP contribution in [0, 0.1) is 11.7 Å². The standard InChI is InChI=1S/C22H25FN2O3/c23-18-9-11-19(12-10-18)24-22(28)21(17-6-2-1-3-7-17)25-14-4-5-16(15-25)8-13-20(26)27/h1-3,6-7,9-12,16,21H,4-5,8,13-15H2,(H,24,28)(H,26,27). The minimum atomic E-state index is -0.786. The van der Waals surface area contributed by atoms with Gasteiger partial charge in [0.2, 0.25) is 5.91 Å². The van der Waals surface area contributed by atoms with Crippen LogP contribution < -0.4 is 5.32 Å². The molecule has 0 aromatic heterocycles. The number of rotatable bonds is 7. The number of carboxylic acid groups (broad SMARTS) is 1. The number of benzene rings is 2. The summed E-state index contributed by atoms with van der Waals surface area (Å²) in [5, 5.41) is 11.9. The zero-order valence-electron chi connectivity index (χ0n) is 15.7. The molecular formula is C22H25FN2O3. The van der Waals surface area contributed by atoms with Crippen molar-refractivity contribution in [3.8, 4) is 0 Å². The van der Waals surface area contributed by atoms with Crippen LogP contribution in [0.4, 0.5) is 10.1 Å². The Hall–Kier alpha value is -2.73. The molecule has 0 saturated carbocycles. The third kappa shape index (κ3) is 5.39. The fraction of sp³-hybridized carbons (Fsp3) is 0.364. The van der Waals surface area contributed by atoms with Gasteiger partial charge in [0.05, 0.1) is 0 Å². The molecule has 148 valence electrons. The molecule has 1 heterocycles. The monoisotopic (exact) mass is 384 g/mol. The van der Waals surface area contributed by atoms with E-state index in [9.17, 15) is 14.0 Å². The third-order valence-corrected chi connectivity index (χ3v) is 5.16. The maximum absolute atomic E-state index is 13.1. The number of hydrogen-bond acceptors (Lipinski definition) is 3. The Morgan fingerprint density at radius 2 is 1.86 bits per heavy atom. The van der Waals surface area contributed by atoms with Crippen molar-refractivity contribution >= 4 is 17.6 Å². The number of anilines is 1. The number of carbonyl (C=O) groups excluding carboxylic acids is 1. The molecule has 2 unspecified atom stereocenters. The van der Waals surface area contributed by atoms with Gasteiger partial charge < -0.3 is 10.4 Å². The summed E-state index contributed by atoms with van der Waals surface area (Å²) in [5.41, 5.74) is 1.44. The van der Waals surface area contributed by atoms with Crippen LogP contribution in [-0.4, -0.2) is 35.0 Å². The molecule has 0 bridgehead atoms. The van der Waals surface area contributed by atoms with Gasteiger partial charge in [-0.2, -0.15) is 0 Å². The first-order valence-corrected chi connectivity index (χ1v) is 9.60. The number of piperidine rings is 1. The first kappa shape index (κ1) is 20.0. The highest BCUT2D eigenvalue weighted by molar-refractivity contribution is 5.95. The summed E-state index contributed by atoms with van der Waals surface area (Å²) in [6.45, 7) is 1.46. The van der Waals surface area contributed by atoms with Gasteiger partial charge in [0.1, 0.15) is 11.9 Å². The maximum Gasteiger partial charge on any atom is 0.303 e. The quantitative estimate of drug-likeness (QED) is 0.755. The molecule has 6 heteroatoms. The van der Waals surface area contributed by atoms with E-state index in [4.69, 9.17) is 5.11 Å². The van der Waals surface area contributed by atoms with Crippen LogP contribution in [0.25, 0.3) is 0 Å². The summed E-state index contributed by atoms with van der Waals surface area (Å²) in [6.07, 6.45) is 2.67. The number of nitrogens with zero attached hydrogens (tertiary/aromatic N) is 1. The van der Waals surface area contributed by atoms with Gasteiger partial charge in [0.25, 0.3) is 0 Å². The van der Waals surface area contributed by atoms with E-state index in [1.54, 1.807) is 12.1 Å².